The van der Waals surface area contributed by atoms with E-state index in [1.54, 1.807) is 0 Å². The molecule has 5 heteroatoms. The van der Waals surface area contributed by atoms with Crippen molar-refractivity contribution in [3.8, 4) is 6.07 Å². The SMILES string of the molecule is CNc1ccc2c(c1)CCN2C1=CC2=C(C#N)C(=[N+]3CCc4cc(NC)ccc43)CCC2CC1. The van der Waals surface area contributed by atoms with Gasteiger partial charge in [0.25, 0.3) is 0 Å². The van der Waals surface area contributed by atoms with E-state index in [0.717, 1.165) is 62.9 Å². The summed E-state index contributed by atoms with van der Waals surface area (Å²) in [5.74, 6) is 0.504. The van der Waals surface area contributed by atoms with E-state index < -0.39 is 0 Å². The molecule has 6 rings (SSSR count). The first-order valence-corrected chi connectivity index (χ1v) is 12.6. The maximum Gasteiger partial charge on any atom is 0.209 e. The molecule has 0 bridgehead atoms. The fourth-order valence-corrected chi connectivity index (χ4v) is 6.33. The van der Waals surface area contributed by atoms with Gasteiger partial charge in [0.05, 0.1) is 0 Å². The highest BCUT2D eigenvalue weighted by Gasteiger charge is 2.37. The van der Waals surface area contributed by atoms with E-state index in [1.165, 1.54) is 45.2 Å². The van der Waals surface area contributed by atoms with Crippen molar-refractivity contribution in [1.82, 2.24) is 0 Å². The van der Waals surface area contributed by atoms with Gasteiger partial charge in [0.15, 0.2) is 12.3 Å². The molecular weight excluding hydrogens is 418 g/mol. The minimum atomic E-state index is 0.504. The molecule has 2 aromatic rings. The number of rotatable bonds is 3. The van der Waals surface area contributed by atoms with Crippen LogP contribution in [0.1, 0.15) is 36.8 Å². The smallest absolute Gasteiger partial charge is 0.209 e. The van der Waals surface area contributed by atoms with Crippen molar-refractivity contribution in [1.29, 1.82) is 5.26 Å². The highest BCUT2D eigenvalue weighted by molar-refractivity contribution is 6.03. The molecule has 0 fully saturated rings. The van der Waals surface area contributed by atoms with Gasteiger partial charge in [0, 0.05) is 67.9 Å². The highest BCUT2D eigenvalue weighted by Crippen LogP contribution is 2.43. The van der Waals surface area contributed by atoms with Crippen LogP contribution in [0.2, 0.25) is 0 Å². The molecule has 2 aliphatic carbocycles. The molecule has 2 N–H and O–H groups in total. The molecule has 2 heterocycles. The summed E-state index contributed by atoms with van der Waals surface area (Å²) >= 11 is 0. The molecule has 0 spiro atoms. The molecule has 34 heavy (non-hydrogen) atoms. The van der Waals surface area contributed by atoms with Crippen LogP contribution in [0.5, 0.6) is 0 Å². The number of nitriles is 1. The van der Waals surface area contributed by atoms with Crippen LogP contribution in [0.3, 0.4) is 0 Å². The lowest BCUT2D eigenvalue weighted by atomic mass is 9.76. The van der Waals surface area contributed by atoms with Crippen LogP contribution in [0.4, 0.5) is 22.7 Å². The van der Waals surface area contributed by atoms with Gasteiger partial charge in [-0.2, -0.15) is 9.84 Å². The topological polar surface area (TPSA) is 54.1 Å². The van der Waals surface area contributed by atoms with Crippen molar-refractivity contribution >= 4 is 28.5 Å². The van der Waals surface area contributed by atoms with E-state index in [-0.39, 0.29) is 0 Å². The van der Waals surface area contributed by atoms with Crippen molar-refractivity contribution in [2.45, 2.75) is 38.5 Å². The van der Waals surface area contributed by atoms with Gasteiger partial charge in [0.1, 0.15) is 11.6 Å². The van der Waals surface area contributed by atoms with Gasteiger partial charge in [-0.05, 0) is 79.1 Å². The molecule has 0 amide bonds. The fraction of sp³-hybridized carbons (Fsp3) is 0.379. The molecule has 172 valence electrons. The lowest BCUT2D eigenvalue weighted by molar-refractivity contribution is -0.430. The molecule has 2 aromatic carbocycles. The Kier molecular flexibility index (Phi) is 5.17. The first kappa shape index (κ1) is 21.0. The fourth-order valence-electron chi connectivity index (χ4n) is 6.33. The maximum atomic E-state index is 10.3. The standard InChI is InChI=1S/C29H32N5/c1-31-22-5-9-27-20(15-22)11-13-33(27)24-7-3-19-4-8-29(26(18-30)25(19)17-24)34-14-12-21-16-23(32-2)6-10-28(21)34/h5-6,9-10,15-17,19,31-32H,3-4,7-8,11-14H2,1-2H3/q+1. The Balaban J connectivity index is 1.41. The van der Waals surface area contributed by atoms with Crippen LogP contribution in [-0.4, -0.2) is 37.5 Å². The third-order valence-corrected chi connectivity index (χ3v) is 8.13. The van der Waals surface area contributed by atoms with Gasteiger partial charge in [0.2, 0.25) is 5.69 Å². The summed E-state index contributed by atoms with van der Waals surface area (Å²) in [5, 5.41) is 16.9. The summed E-state index contributed by atoms with van der Waals surface area (Å²) in [7, 11) is 3.94. The molecule has 5 nitrogen and oxygen atoms in total. The summed E-state index contributed by atoms with van der Waals surface area (Å²) in [6.07, 6.45) is 8.85. The Hall–Kier alpha value is -3.52. The van der Waals surface area contributed by atoms with Gasteiger partial charge >= 0.3 is 0 Å². The average Bonchev–Trinajstić information content (AvgIpc) is 3.50. The number of nitrogens with zero attached hydrogens (tertiary/aromatic N) is 3. The molecule has 1 atom stereocenters. The summed E-state index contributed by atoms with van der Waals surface area (Å²) in [4.78, 5) is 2.49. The largest absolute Gasteiger partial charge is 0.388 e. The van der Waals surface area contributed by atoms with Gasteiger partial charge < -0.3 is 15.5 Å². The van der Waals surface area contributed by atoms with E-state index in [2.05, 4.69) is 68.7 Å². The normalized spacial score (nSPS) is 23.1. The third kappa shape index (κ3) is 3.32. The maximum absolute atomic E-state index is 10.3. The minimum Gasteiger partial charge on any atom is -0.388 e. The number of hydrogen-bond acceptors (Lipinski definition) is 4. The summed E-state index contributed by atoms with van der Waals surface area (Å²) < 4.78 is 2.42. The predicted molar refractivity (Wildman–Crippen MR) is 139 cm³/mol. The predicted octanol–water partition coefficient (Wildman–Crippen LogP) is 5.38. The number of anilines is 3. The zero-order valence-electron chi connectivity index (χ0n) is 20.1. The van der Waals surface area contributed by atoms with E-state index >= 15 is 0 Å². The summed E-state index contributed by atoms with van der Waals surface area (Å²) in [6, 6.07) is 16.0. The van der Waals surface area contributed by atoms with E-state index in [4.69, 9.17) is 0 Å². The molecule has 1 unspecified atom stereocenters. The Bertz CT molecular complexity index is 1310. The molecule has 2 aliphatic heterocycles. The van der Waals surface area contributed by atoms with Crippen LogP contribution in [0, 0.1) is 17.2 Å². The zero-order valence-corrected chi connectivity index (χ0v) is 20.1. The number of nitrogens with one attached hydrogen (secondary N) is 2. The van der Waals surface area contributed by atoms with Gasteiger partial charge in [-0.25, -0.2) is 0 Å². The van der Waals surface area contributed by atoms with Crippen LogP contribution in [0.25, 0.3) is 0 Å². The Morgan fingerprint density at radius 3 is 2.50 bits per heavy atom. The molecule has 0 aromatic heterocycles. The Labute approximate surface area is 202 Å². The second-order valence-electron chi connectivity index (χ2n) is 9.79. The van der Waals surface area contributed by atoms with Gasteiger partial charge in [-0.1, -0.05) is 0 Å². The molecular formula is C29H32N5+. The van der Waals surface area contributed by atoms with Crippen LogP contribution in [0.15, 0.2) is 59.3 Å². The minimum absolute atomic E-state index is 0.504. The van der Waals surface area contributed by atoms with Gasteiger partial charge in [-0.3, -0.25) is 0 Å². The number of fused-ring (bicyclic) bond motifs is 3. The quantitative estimate of drug-likeness (QED) is 0.617. The van der Waals surface area contributed by atoms with Gasteiger partial charge in [-0.15, -0.1) is 0 Å². The van der Waals surface area contributed by atoms with E-state index in [0.29, 0.717) is 5.92 Å². The Morgan fingerprint density at radius 2 is 1.71 bits per heavy atom. The molecule has 0 saturated carbocycles. The molecule has 0 radical (unpaired) electrons. The second kappa shape index (κ2) is 8.36. The first-order valence-electron chi connectivity index (χ1n) is 12.6. The van der Waals surface area contributed by atoms with Crippen LogP contribution >= 0.6 is 0 Å². The third-order valence-electron chi connectivity index (χ3n) is 8.13. The first-order chi connectivity index (χ1) is 16.7. The van der Waals surface area contributed by atoms with Crippen LogP contribution < -0.4 is 15.5 Å². The highest BCUT2D eigenvalue weighted by atomic mass is 15.2. The second-order valence-corrected chi connectivity index (χ2v) is 9.79. The van der Waals surface area contributed by atoms with E-state index in [9.17, 15) is 5.26 Å². The number of allylic oxidation sites excluding steroid dienone is 4. The van der Waals surface area contributed by atoms with Crippen molar-refractivity contribution in [2.24, 2.45) is 5.92 Å². The monoisotopic (exact) mass is 450 g/mol. The Morgan fingerprint density at radius 1 is 0.941 bits per heavy atom. The van der Waals surface area contributed by atoms with Crippen molar-refractivity contribution in [3.63, 3.8) is 0 Å². The summed E-state index contributed by atoms with van der Waals surface area (Å²) in [5.41, 5.74) is 12.5. The van der Waals surface area contributed by atoms with Crippen molar-refractivity contribution in [3.05, 3.63) is 70.4 Å². The van der Waals surface area contributed by atoms with Crippen molar-refractivity contribution in [2.75, 3.05) is 42.7 Å². The molecule has 0 saturated heterocycles. The number of benzene rings is 2. The number of hydrogen-bond donors (Lipinski definition) is 2. The van der Waals surface area contributed by atoms with Crippen molar-refractivity contribution < 1.29 is 4.58 Å². The lowest BCUT2D eigenvalue weighted by Crippen LogP contribution is -2.29. The average molecular weight is 451 g/mol. The van der Waals surface area contributed by atoms with Crippen LogP contribution in [-0.2, 0) is 12.8 Å². The summed E-state index contributed by atoms with van der Waals surface area (Å²) in [6.45, 7) is 1.99. The zero-order chi connectivity index (χ0) is 23.2. The molecule has 4 aliphatic rings. The lowest BCUT2D eigenvalue weighted by Gasteiger charge is -2.33. The van der Waals surface area contributed by atoms with E-state index in [1.807, 2.05) is 14.1 Å².